The molecule has 0 radical (unpaired) electrons. The number of carbonyl (C=O) groups is 3. The molecular formula is C18H20N4O4. The Bertz CT molecular complexity index is 872. The van der Waals surface area contributed by atoms with Gasteiger partial charge in [0.25, 0.3) is 11.8 Å². The van der Waals surface area contributed by atoms with Crippen LogP contribution in [0.15, 0.2) is 18.2 Å². The third-order valence-corrected chi connectivity index (χ3v) is 4.19. The first-order valence-corrected chi connectivity index (χ1v) is 8.52. The number of H-pyrrole nitrogens is 1. The molecule has 0 spiro atoms. The molecule has 0 unspecified atom stereocenters. The molecule has 0 fully saturated rings. The van der Waals surface area contributed by atoms with Crippen molar-refractivity contribution >= 4 is 17.8 Å². The van der Waals surface area contributed by atoms with E-state index in [1.807, 2.05) is 13.8 Å². The lowest BCUT2D eigenvalue weighted by Gasteiger charge is -2.14. The number of esters is 1. The van der Waals surface area contributed by atoms with Gasteiger partial charge in [0.05, 0.1) is 17.7 Å². The maximum Gasteiger partial charge on any atom is 0.361 e. The smallest absolute Gasteiger partial charge is 0.361 e. The zero-order valence-corrected chi connectivity index (χ0v) is 14.9. The van der Waals surface area contributed by atoms with E-state index in [4.69, 9.17) is 4.74 Å². The van der Waals surface area contributed by atoms with Gasteiger partial charge in [0.2, 0.25) is 0 Å². The molecule has 2 amide bonds. The molecule has 1 aliphatic heterocycles. The highest BCUT2D eigenvalue weighted by molar-refractivity contribution is 6.21. The van der Waals surface area contributed by atoms with Gasteiger partial charge in [-0.05, 0) is 31.4 Å². The van der Waals surface area contributed by atoms with E-state index in [1.165, 1.54) is 4.90 Å². The minimum atomic E-state index is -0.599. The summed E-state index contributed by atoms with van der Waals surface area (Å²) in [6.07, 6.45) is 0.745. The predicted octanol–water partition coefficient (Wildman–Crippen LogP) is 2.29. The zero-order valence-electron chi connectivity index (χ0n) is 14.9. The summed E-state index contributed by atoms with van der Waals surface area (Å²) in [7, 11) is 0. The molecule has 3 rings (SSSR count). The molecule has 0 bridgehead atoms. The highest BCUT2D eigenvalue weighted by Crippen LogP contribution is 2.29. The molecule has 2 heterocycles. The van der Waals surface area contributed by atoms with Crippen LogP contribution in [0.3, 0.4) is 0 Å². The third kappa shape index (κ3) is 3.10. The maximum atomic E-state index is 12.6. The molecule has 0 aliphatic carbocycles. The minimum Gasteiger partial charge on any atom is -0.461 e. The standard InChI is InChI=1S/C18H20N4O4/c1-4-26-18(25)15-14(19-21-20-15)11-5-6-12-13(9-11)17(24)22(16(12)23)8-7-10(2)3/h5-6,9-10H,4,7-8H2,1-3H3,(H,19,20,21). The lowest BCUT2D eigenvalue weighted by molar-refractivity contribution is 0.0519. The van der Waals surface area contributed by atoms with Crippen molar-refractivity contribution in [3.63, 3.8) is 0 Å². The number of imide groups is 1. The van der Waals surface area contributed by atoms with Crippen LogP contribution in [0.5, 0.6) is 0 Å². The summed E-state index contributed by atoms with van der Waals surface area (Å²) in [5, 5.41) is 10.2. The summed E-state index contributed by atoms with van der Waals surface area (Å²) in [4.78, 5) is 38.4. The molecule has 136 valence electrons. The fourth-order valence-corrected chi connectivity index (χ4v) is 2.80. The number of benzene rings is 1. The minimum absolute atomic E-state index is 0.0419. The second kappa shape index (κ2) is 7.07. The molecule has 26 heavy (non-hydrogen) atoms. The Morgan fingerprint density at radius 2 is 1.92 bits per heavy atom. The van der Waals surface area contributed by atoms with Gasteiger partial charge in [0, 0.05) is 12.1 Å². The van der Waals surface area contributed by atoms with Crippen LogP contribution in [-0.2, 0) is 4.74 Å². The summed E-state index contributed by atoms with van der Waals surface area (Å²) in [5.41, 5.74) is 1.53. The van der Waals surface area contributed by atoms with E-state index in [2.05, 4.69) is 15.4 Å². The van der Waals surface area contributed by atoms with E-state index in [-0.39, 0.29) is 29.8 Å². The first kappa shape index (κ1) is 17.8. The van der Waals surface area contributed by atoms with Crippen LogP contribution in [0.4, 0.5) is 0 Å². The largest absolute Gasteiger partial charge is 0.461 e. The zero-order chi connectivity index (χ0) is 18.8. The van der Waals surface area contributed by atoms with Gasteiger partial charge in [0.15, 0.2) is 5.69 Å². The van der Waals surface area contributed by atoms with Gasteiger partial charge in [-0.3, -0.25) is 14.5 Å². The number of amides is 2. The van der Waals surface area contributed by atoms with Crippen molar-refractivity contribution in [3.05, 3.63) is 35.0 Å². The monoisotopic (exact) mass is 356 g/mol. The molecule has 1 aliphatic rings. The molecule has 8 nitrogen and oxygen atoms in total. The highest BCUT2D eigenvalue weighted by Gasteiger charge is 2.35. The van der Waals surface area contributed by atoms with Gasteiger partial charge in [-0.1, -0.05) is 19.9 Å². The summed E-state index contributed by atoms with van der Waals surface area (Å²) < 4.78 is 4.96. The van der Waals surface area contributed by atoms with E-state index in [0.717, 1.165) is 6.42 Å². The van der Waals surface area contributed by atoms with Crippen LogP contribution in [0.25, 0.3) is 11.3 Å². The number of aromatic amines is 1. The van der Waals surface area contributed by atoms with E-state index in [9.17, 15) is 14.4 Å². The lowest BCUT2D eigenvalue weighted by Crippen LogP contribution is -2.31. The SMILES string of the molecule is CCOC(=O)c1n[nH]nc1-c1ccc2c(c1)C(=O)N(CCC(C)C)C2=O. The molecule has 0 saturated carbocycles. The fourth-order valence-electron chi connectivity index (χ4n) is 2.80. The number of nitrogens with zero attached hydrogens (tertiary/aromatic N) is 3. The first-order chi connectivity index (χ1) is 12.4. The van der Waals surface area contributed by atoms with Gasteiger partial charge in [-0.15, -0.1) is 5.10 Å². The number of ether oxygens (including phenoxy) is 1. The predicted molar refractivity (Wildman–Crippen MR) is 92.6 cm³/mol. The Hall–Kier alpha value is -3.03. The number of fused-ring (bicyclic) bond motifs is 1. The average molecular weight is 356 g/mol. The lowest BCUT2D eigenvalue weighted by atomic mass is 10.0. The number of rotatable bonds is 6. The molecular weight excluding hydrogens is 336 g/mol. The van der Waals surface area contributed by atoms with Gasteiger partial charge in [-0.25, -0.2) is 4.79 Å². The van der Waals surface area contributed by atoms with Crippen molar-refractivity contribution in [2.45, 2.75) is 27.2 Å². The van der Waals surface area contributed by atoms with Crippen molar-refractivity contribution in [2.75, 3.05) is 13.2 Å². The van der Waals surface area contributed by atoms with Gasteiger partial charge < -0.3 is 4.74 Å². The Morgan fingerprint density at radius 3 is 2.62 bits per heavy atom. The Morgan fingerprint density at radius 1 is 1.19 bits per heavy atom. The molecule has 0 atom stereocenters. The number of hydrogen-bond donors (Lipinski definition) is 1. The van der Waals surface area contributed by atoms with Crippen molar-refractivity contribution in [1.82, 2.24) is 20.3 Å². The number of carbonyl (C=O) groups excluding carboxylic acids is 3. The van der Waals surface area contributed by atoms with Crippen molar-refractivity contribution < 1.29 is 19.1 Å². The molecule has 1 aromatic heterocycles. The number of aromatic nitrogens is 3. The van der Waals surface area contributed by atoms with Gasteiger partial charge >= 0.3 is 5.97 Å². The van der Waals surface area contributed by atoms with Gasteiger partial charge in [0.1, 0.15) is 5.69 Å². The van der Waals surface area contributed by atoms with Crippen LogP contribution in [0, 0.1) is 5.92 Å². The summed E-state index contributed by atoms with van der Waals surface area (Å²) in [6, 6.07) is 4.81. The molecule has 1 N–H and O–H groups in total. The second-order valence-electron chi connectivity index (χ2n) is 6.45. The van der Waals surface area contributed by atoms with E-state index in [0.29, 0.717) is 29.2 Å². The first-order valence-electron chi connectivity index (χ1n) is 8.52. The fraction of sp³-hybridized carbons (Fsp3) is 0.389. The van der Waals surface area contributed by atoms with Crippen molar-refractivity contribution in [3.8, 4) is 11.3 Å². The van der Waals surface area contributed by atoms with E-state index < -0.39 is 5.97 Å². The quantitative estimate of drug-likeness (QED) is 0.629. The average Bonchev–Trinajstić information content (AvgIpc) is 3.18. The molecule has 8 heteroatoms. The van der Waals surface area contributed by atoms with E-state index >= 15 is 0 Å². The Kier molecular flexibility index (Phi) is 4.83. The highest BCUT2D eigenvalue weighted by atomic mass is 16.5. The summed E-state index contributed by atoms with van der Waals surface area (Å²) in [6.45, 7) is 6.38. The third-order valence-electron chi connectivity index (χ3n) is 4.19. The van der Waals surface area contributed by atoms with Crippen LogP contribution >= 0.6 is 0 Å². The summed E-state index contributed by atoms with van der Waals surface area (Å²) >= 11 is 0. The Labute approximate surface area is 150 Å². The molecule has 1 aromatic carbocycles. The van der Waals surface area contributed by atoms with Crippen molar-refractivity contribution in [2.24, 2.45) is 5.92 Å². The molecule has 0 saturated heterocycles. The van der Waals surface area contributed by atoms with Crippen LogP contribution in [-0.4, -0.2) is 51.2 Å². The van der Waals surface area contributed by atoms with Crippen LogP contribution in [0.2, 0.25) is 0 Å². The van der Waals surface area contributed by atoms with Crippen LogP contribution in [0.1, 0.15) is 58.4 Å². The van der Waals surface area contributed by atoms with Crippen LogP contribution < -0.4 is 0 Å². The van der Waals surface area contributed by atoms with E-state index in [1.54, 1.807) is 25.1 Å². The Balaban J connectivity index is 1.93. The van der Waals surface area contributed by atoms with Gasteiger partial charge in [-0.2, -0.15) is 10.3 Å². The topological polar surface area (TPSA) is 105 Å². The number of nitrogens with one attached hydrogen (secondary N) is 1. The number of hydrogen-bond acceptors (Lipinski definition) is 6. The van der Waals surface area contributed by atoms with Crippen molar-refractivity contribution in [1.29, 1.82) is 0 Å². The normalized spacial score (nSPS) is 13.5. The molecule has 2 aromatic rings. The summed E-state index contributed by atoms with van der Waals surface area (Å²) in [5.74, 6) is -0.827. The second-order valence-corrected chi connectivity index (χ2v) is 6.45. The maximum absolute atomic E-state index is 12.6.